The zero-order valence-electron chi connectivity index (χ0n) is 34.8. The fourth-order valence-electron chi connectivity index (χ4n) is 9.38. The Hall–Kier alpha value is -8.26. The summed E-state index contributed by atoms with van der Waals surface area (Å²) in [4.78, 5) is 2.51. The molecule has 0 bridgehead atoms. The zero-order valence-corrected chi connectivity index (χ0v) is 34.8. The Balaban J connectivity index is 1.28. The van der Waals surface area contributed by atoms with Crippen molar-refractivity contribution < 1.29 is 0 Å². The molecule has 11 rings (SSSR count). The standard InChI is InChI=1S/C62H43N/c1-7-22-44(23-8-1)50-40-51(45-24-9-2-10-25-45)42-53(41-50)63(52-38-39-54(46-26-11-3-12-27-46)58(43-52)47-28-13-4-14-29-47)59-37-21-36-57-61(49-32-17-6-18-33-49)60(48-30-15-5-16-31-48)55-34-19-20-35-56(55)62(57)59/h1-43H. The predicted octanol–water partition coefficient (Wildman–Crippen LogP) is 17.5. The second-order valence-corrected chi connectivity index (χ2v) is 16.0. The first-order valence-electron chi connectivity index (χ1n) is 21.7. The van der Waals surface area contributed by atoms with Gasteiger partial charge in [0.2, 0.25) is 0 Å². The Labute approximate surface area is 369 Å². The summed E-state index contributed by atoms with van der Waals surface area (Å²) in [7, 11) is 0. The van der Waals surface area contributed by atoms with E-state index >= 15 is 0 Å². The number of nitrogens with zero attached hydrogens (tertiary/aromatic N) is 1. The van der Waals surface area contributed by atoms with E-state index < -0.39 is 0 Å². The van der Waals surface area contributed by atoms with Crippen LogP contribution in [-0.2, 0) is 0 Å². The quantitative estimate of drug-likeness (QED) is 0.131. The van der Waals surface area contributed by atoms with Crippen molar-refractivity contribution in [1.29, 1.82) is 0 Å². The molecule has 0 N–H and O–H groups in total. The van der Waals surface area contributed by atoms with Crippen molar-refractivity contribution in [2.24, 2.45) is 0 Å². The Kier molecular flexibility index (Phi) is 9.97. The SMILES string of the molecule is c1ccc(-c2cc(-c3ccccc3)cc(N(c3ccc(-c4ccccc4)c(-c4ccccc4)c3)c3cccc4c(-c5ccccc5)c(-c5ccccc5)c5ccccc5c34)c2)cc1. The molecule has 0 atom stereocenters. The maximum absolute atomic E-state index is 2.51. The van der Waals surface area contributed by atoms with Crippen molar-refractivity contribution in [1.82, 2.24) is 0 Å². The monoisotopic (exact) mass is 801 g/mol. The number of anilines is 3. The van der Waals surface area contributed by atoms with Crippen LogP contribution in [0, 0.1) is 0 Å². The van der Waals surface area contributed by atoms with Crippen LogP contribution in [-0.4, -0.2) is 0 Å². The normalized spacial score (nSPS) is 11.2. The summed E-state index contributed by atoms with van der Waals surface area (Å²) >= 11 is 0. The molecule has 296 valence electrons. The molecule has 0 aliphatic heterocycles. The molecule has 0 unspecified atom stereocenters. The van der Waals surface area contributed by atoms with Crippen molar-refractivity contribution in [3.63, 3.8) is 0 Å². The van der Waals surface area contributed by atoms with Gasteiger partial charge in [0.15, 0.2) is 0 Å². The largest absolute Gasteiger partial charge is 0.310 e. The summed E-state index contributed by atoms with van der Waals surface area (Å²) in [6.45, 7) is 0. The van der Waals surface area contributed by atoms with E-state index in [4.69, 9.17) is 0 Å². The van der Waals surface area contributed by atoms with Crippen LogP contribution in [0.2, 0.25) is 0 Å². The lowest BCUT2D eigenvalue weighted by atomic mass is 9.84. The van der Waals surface area contributed by atoms with Gasteiger partial charge in [0.1, 0.15) is 0 Å². The smallest absolute Gasteiger partial charge is 0.0546 e. The molecule has 11 aromatic rings. The Morgan fingerprint density at radius 3 is 1.16 bits per heavy atom. The third kappa shape index (κ3) is 7.16. The molecule has 0 aliphatic rings. The van der Waals surface area contributed by atoms with Crippen LogP contribution in [0.5, 0.6) is 0 Å². The van der Waals surface area contributed by atoms with Crippen molar-refractivity contribution >= 4 is 38.6 Å². The average molecular weight is 802 g/mol. The molecule has 0 saturated heterocycles. The lowest BCUT2D eigenvalue weighted by Gasteiger charge is -2.30. The Bertz CT molecular complexity index is 3290. The van der Waals surface area contributed by atoms with E-state index in [1.807, 2.05) is 0 Å². The molecule has 0 aromatic heterocycles. The van der Waals surface area contributed by atoms with Crippen molar-refractivity contribution in [3.8, 4) is 66.8 Å². The number of fused-ring (bicyclic) bond motifs is 3. The minimum atomic E-state index is 1.07. The second-order valence-electron chi connectivity index (χ2n) is 16.0. The summed E-state index contributed by atoms with van der Waals surface area (Å²) in [6, 6.07) is 94.9. The fraction of sp³-hybridized carbons (Fsp3) is 0. The maximum Gasteiger partial charge on any atom is 0.0546 e. The van der Waals surface area contributed by atoms with E-state index in [1.54, 1.807) is 0 Å². The minimum Gasteiger partial charge on any atom is -0.310 e. The third-order valence-corrected chi connectivity index (χ3v) is 12.2. The van der Waals surface area contributed by atoms with Gasteiger partial charge in [-0.25, -0.2) is 0 Å². The fourth-order valence-corrected chi connectivity index (χ4v) is 9.38. The predicted molar refractivity (Wildman–Crippen MR) is 269 cm³/mol. The Morgan fingerprint density at radius 2 is 0.635 bits per heavy atom. The number of benzene rings is 11. The van der Waals surface area contributed by atoms with E-state index in [2.05, 4.69) is 266 Å². The Morgan fingerprint density at radius 1 is 0.222 bits per heavy atom. The van der Waals surface area contributed by atoms with Crippen LogP contribution in [0.15, 0.2) is 261 Å². The highest BCUT2D eigenvalue weighted by molar-refractivity contribution is 6.25. The van der Waals surface area contributed by atoms with Crippen molar-refractivity contribution in [2.45, 2.75) is 0 Å². The molecule has 11 aromatic carbocycles. The summed E-state index contributed by atoms with van der Waals surface area (Å²) in [6.07, 6.45) is 0. The topological polar surface area (TPSA) is 3.24 Å². The summed E-state index contributed by atoms with van der Waals surface area (Å²) in [5, 5.41) is 4.83. The highest BCUT2D eigenvalue weighted by atomic mass is 15.1. The van der Waals surface area contributed by atoms with E-state index in [0.29, 0.717) is 0 Å². The number of hydrogen-bond donors (Lipinski definition) is 0. The van der Waals surface area contributed by atoms with Gasteiger partial charge in [0.25, 0.3) is 0 Å². The molecule has 63 heavy (non-hydrogen) atoms. The number of rotatable bonds is 9. The lowest BCUT2D eigenvalue weighted by molar-refractivity contribution is 1.30. The van der Waals surface area contributed by atoms with Crippen LogP contribution < -0.4 is 4.90 Å². The lowest BCUT2D eigenvalue weighted by Crippen LogP contribution is -2.12. The molecule has 0 heterocycles. The summed E-state index contributed by atoms with van der Waals surface area (Å²) in [5.41, 5.74) is 17.5. The summed E-state index contributed by atoms with van der Waals surface area (Å²) in [5.74, 6) is 0. The van der Waals surface area contributed by atoms with Gasteiger partial charge >= 0.3 is 0 Å². The van der Waals surface area contributed by atoms with Crippen molar-refractivity contribution in [3.05, 3.63) is 261 Å². The van der Waals surface area contributed by atoms with Gasteiger partial charge in [-0.3, -0.25) is 0 Å². The van der Waals surface area contributed by atoms with E-state index in [9.17, 15) is 0 Å². The first-order valence-corrected chi connectivity index (χ1v) is 21.7. The molecule has 0 spiro atoms. The second kappa shape index (κ2) is 16.7. The first-order chi connectivity index (χ1) is 31.3. The van der Waals surface area contributed by atoms with Gasteiger partial charge in [-0.05, 0) is 119 Å². The van der Waals surface area contributed by atoms with Crippen LogP contribution >= 0.6 is 0 Å². The first kappa shape index (κ1) is 37.7. The molecule has 0 saturated carbocycles. The molecule has 0 amide bonds. The van der Waals surface area contributed by atoms with Gasteiger partial charge in [-0.1, -0.05) is 224 Å². The molecular weight excluding hydrogens is 759 g/mol. The summed E-state index contributed by atoms with van der Waals surface area (Å²) < 4.78 is 0. The van der Waals surface area contributed by atoms with Gasteiger partial charge in [-0.15, -0.1) is 0 Å². The van der Waals surface area contributed by atoms with Gasteiger partial charge in [0, 0.05) is 16.8 Å². The van der Waals surface area contributed by atoms with E-state index in [-0.39, 0.29) is 0 Å². The zero-order chi connectivity index (χ0) is 42.0. The van der Waals surface area contributed by atoms with Crippen LogP contribution in [0.3, 0.4) is 0 Å². The van der Waals surface area contributed by atoms with Gasteiger partial charge in [-0.2, -0.15) is 0 Å². The molecule has 0 aliphatic carbocycles. The third-order valence-electron chi connectivity index (χ3n) is 12.2. The van der Waals surface area contributed by atoms with Crippen LogP contribution in [0.25, 0.3) is 88.3 Å². The van der Waals surface area contributed by atoms with E-state index in [1.165, 1.54) is 77.2 Å². The molecule has 1 heteroatoms. The van der Waals surface area contributed by atoms with Crippen LogP contribution in [0.4, 0.5) is 17.1 Å². The maximum atomic E-state index is 2.51. The van der Waals surface area contributed by atoms with E-state index in [0.717, 1.165) is 28.2 Å². The molecule has 1 nitrogen and oxygen atoms in total. The van der Waals surface area contributed by atoms with Gasteiger partial charge < -0.3 is 4.90 Å². The molecule has 0 radical (unpaired) electrons. The van der Waals surface area contributed by atoms with Gasteiger partial charge in [0.05, 0.1) is 5.69 Å². The highest BCUT2D eigenvalue weighted by Crippen LogP contribution is 2.51. The molecule has 0 fully saturated rings. The average Bonchev–Trinajstić information content (AvgIpc) is 3.37. The molecular formula is C62H43N. The minimum absolute atomic E-state index is 1.07. The number of hydrogen-bond acceptors (Lipinski definition) is 1. The van der Waals surface area contributed by atoms with Crippen molar-refractivity contribution in [2.75, 3.05) is 4.90 Å². The van der Waals surface area contributed by atoms with Crippen LogP contribution in [0.1, 0.15) is 0 Å². The highest BCUT2D eigenvalue weighted by Gasteiger charge is 2.24.